The topological polar surface area (TPSA) is 85.8 Å². The average Bonchev–Trinajstić information content (AvgIpc) is 3.09. The molecule has 0 saturated carbocycles. The van der Waals surface area contributed by atoms with Crippen molar-refractivity contribution in [3.8, 4) is 0 Å². The molecular weight excluding hydrogens is 521 g/mol. The number of piperidine rings is 1. The Kier molecular flexibility index (Phi) is 10.8. The molecule has 29 heavy (non-hydrogen) atoms. The number of guanidine groups is 1. The molecule has 2 heterocycles. The zero-order chi connectivity index (χ0) is 20.8. The summed E-state index contributed by atoms with van der Waals surface area (Å²) < 4.78 is 25.7. The molecular formula is C19H36IN5O2S2. The minimum atomic E-state index is -3.27. The number of hydrogen-bond donors (Lipinski definition) is 3. The molecule has 1 fully saturated rings. The number of nitrogens with one attached hydrogen (secondary N) is 3. The van der Waals surface area contributed by atoms with Gasteiger partial charge in [0.1, 0.15) is 0 Å². The van der Waals surface area contributed by atoms with E-state index >= 15 is 0 Å². The Bertz CT molecular complexity index is 738. The third-order valence-electron chi connectivity index (χ3n) is 4.81. The Morgan fingerprint density at radius 2 is 2.10 bits per heavy atom. The van der Waals surface area contributed by atoms with Gasteiger partial charge in [0.15, 0.2) is 5.96 Å². The van der Waals surface area contributed by atoms with Crippen molar-refractivity contribution in [2.75, 3.05) is 39.5 Å². The van der Waals surface area contributed by atoms with Gasteiger partial charge >= 0.3 is 0 Å². The summed E-state index contributed by atoms with van der Waals surface area (Å²) >= 11 is 1.82. The Balaban J connectivity index is 0.00000420. The van der Waals surface area contributed by atoms with Crippen LogP contribution in [0, 0.1) is 5.92 Å². The van der Waals surface area contributed by atoms with Crippen LogP contribution in [0.3, 0.4) is 0 Å². The number of thiophene rings is 1. The van der Waals surface area contributed by atoms with Gasteiger partial charge in [-0.15, -0.1) is 35.3 Å². The van der Waals surface area contributed by atoms with E-state index in [1.807, 2.05) is 32.1 Å². The van der Waals surface area contributed by atoms with E-state index in [0.29, 0.717) is 18.5 Å². The molecule has 0 aromatic carbocycles. The van der Waals surface area contributed by atoms with Crippen LogP contribution in [0.5, 0.6) is 0 Å². The second kappa shape index (κ2) is 11.8. The second-order valence-corrected chi connectivity index (χ2v) is 10.9. The molecule has 0 amide bonds. The van der Waals surface area contributed by atoms with Gasteiger partial charge in [0.05, 0.1) is 12.8 Å². The van der Waals surface area contributed by atoms with Crippen molar-refractivity contribution in [3.63, 3.8) is 0 Å². The first-order valence-corrected chi connectivity index (χ1v) is 12.6. The first-order valence-electron chi connectivity index (χ1n) is 9.86. The zero-order valence-electron chi connectivity index (χ0n) is 18.1. The predicted octanol–water partition coefficient (Wildman–Crippen LogP) is 2.63. The number of nitrogens with zero attached hydrogens (tertiary/aromatic N) is 2. The summed E-state index contributed by atoms with van der Waals surface area (Å²) in [6.07, 6.45) is 3.55. The van der Waals surface area contributed by atoms with Gasteiger partial charge in [-0.1, -0.05) is 6.07 Å². The van der Waals surface area contributed by atoms with E-state index in [1.165, 1.54) is 24.0 Å². The van der Waals surface area contributed by atoms with Crippen LogP contribution in [-0.4, -0.2) is 64.3 Å². The number of hydrogen-bond acceptors (Lipinski definition) is 5. The maximum absolute atomic E-state index is 11.5. The van der Waals surface area contributed by atoms with E-state index in [2.05, 4.69) is 49.8 Å². The Morgan fingerprint density at radius 3 is 2.69 bits per heavy atom. The van der Waals surface area contributed by atoms with Crippen LogP contribution in [0.25, 0.3) is 0 Å². The van der Waals surface area contributed by atoms with E-state index in [1.54, 1.807) is 0 Å². The van der Waals surface area contributed by atoms with E-state index in [9.17, 15) is 8.42 Å². The summed E-state index contributed by atoms with van der Waals surface area (Å²) in [4.78, 5) is 8.48. The second-order valence-electron chi connectivity index (χ2n) is 8.18. The molecule has 0 aliphatic carbocycles. The Hall–Kier alpha value is -0.430. The first-order chi connectivity index (χ1) is 13.1. The SMILES string of the molecule is CCNC(=NCC(C)(C)NS(C)(=O)=O)NCC1CCCN(C)C1c1cccs1.I. The minimum absolute atomic E-state index is 0. The zero-order valence-corrected chi connectivity index (χ0v) is 22.0. The van der Waals surface area contributed by atoms with Crippen molar-refractivity contribution in [2.24, 2.45) is 10.9 Å². The third-order valence-corrected chi connectivity index (χ3v) is 6.68. The number of rotatable bonds is 8. The normalized spacial score (nSPS) is 21.5. The molecule has 0 radical (unpaired) electrons. The van der Waals surface area contributed by atoms with E-state index in [0.717, 1.165) is 25.6 Å². The number of sulfonamides is 1. The van der Waals surface area contributed by atoms with Crippen LogP contribution in [0.2, 0.25) is 0 Å². The highest BCUT2D eigenvalue weighted by Crippen LogP contribution is 2.36. The minimum Gasteiger partial charge on any atom is -0.357 e. The molecule has 2 atom stereocenters. The highest BCUT2D eigenvalue weighted by atomic mass is 127. The number of halogens is 1. The molecule has 0 bridgehead atoms. The van der Waals surface area contributed by atoms with Gasteiger partial charge in [0, 0.05) is 29.5 Å². The fraction of sp³-hybridized carbons (Fsp3) is 0.737. The molecule has 0 spiro atoms. The standard InChI is InChI=1S/C19H35N5O2S2.HI/c1-6-20-18(22-14-19(2,3)23-28(5,25)26)21-13-15-9-7-11-24(4)17(15)16-10-8-12-27-16;/h8,10,12,15,17,23H,6-7,9,11,13-14H2,1-5H3,(H2,20,21,22);1H. The van der Waals surface area contributed by atoms with Crippen molar-refractivity contribution in [1.29, 1.82) is 0 Å². The molecule has 2 unspecified atom stereocenters. The third kappa shape index (κ3) is 9.07. The lowest BCUT2D eigenvalue weighted by atomic mass is 9.88. The summed E-state index contributed by atoms with van der Waals surface area (Å²) in [5, 5.41) is 8.89. The molecule has 1 aliphatic heterocycles. The molecule has 1 aliphatic rings. The van der Waals surface area contributed by atoms with Crippen LogP contribution >= 0.6 is 35.3 Å². The van der Waals surface area contributed by atoms with E-state index in [-0.39, 0.29) is 24.0 Å². The fourth-order valence-electron chi connectivity index (χ4n) is 3.76. The van der Waals surface area contributed by atoms with Crippen LogP contribution in [-0.2, 0) is 10.0 Å². The molecule has 168 valence electrons. The van der Waals surface area contributed by atoms with Crippen LogP contribution < -0.4 is 15.4 Å². The largest absolute Gasteiger partial charge is 0.357 e. The summed E-state index contributed by atoms with van der Waals surface area (Å²) in [5.41, 5.74) is -0.638. The lowest BCUT2D eigenvalue weighted by Crippen LogP contribution is -2.48. The lowest BCUT2D eigenvalue weighted by molar-refractivity contribution is 0.125. The van der Waals surface area contributed by atoms with E-state index in [4.69, 9.17) is 0 Å². The van der Waals surface area contributed by atoms with Crippen molar-refractivity contribution in [1.82, 2.24) is 20.3 Å². The molecule has 1 aromatic heterocycles. The van der Waals surface area contributed by atoms with Crippen molar-refractivity contribution < 1.29 is 8.42 Å². The van der Waals surface area contributed by atoms with Crippen LogP contribution in [0.15, 0.2) is 22.5 Å². The maximum atomic E-state index is 11.5. The Labute approximate surface area is 197 Å². The summed E-state index contributed by atoms with van der Waals surface area (Å²) in [6, 6.07) is 4.77. The fourth-order valence-corrected chi connectivity index (χ4v) is 5.81. The molecule has 2 rings (SSSR count). The first kappa shape index (κ1) is 26.6. The lowest BCUT2D eigenvalue weighted by Gasteiger charge is -2.39. The Morgan fingerprint density at radius 1 is 1.38 bits per heavy atom. The highest BCUT2D eigenvalue weighted by Gasteiger charge is 2.31. The van der Waals surface area contributed by atoms with Gasteiger partial charge in [-0.3, -0.25) is 9.89 Å². The number of aliphatic imine (C=N–C) groups is 1. The van der Waals surface area contributed by atoms with Gasteiger partial charge in [0.2, 0.25) is 10.0 Å². The average molecular weight is 558 g/mol. The van der Waals surface area contributed by atoms with Crippen LogP contribution in [0.4, 0.5) is 0 Å². The van der Waals surface area contributed by atoms with Gasteiger partial charge in [-0.2, -0.15) is 0 Å². The van der Waals surface area contributed by atoms with E-state index < -0.39 is 15.6 Å². The summed E-state index contributed by atoms with van der Waals surface area (Å²) in [6.45, 7) is 8.77. The smallest absolute Gasteiger partial charge is 0.209 e. The van der Waals surface area contributed by atoms with Crippen molar-refractivity contribution in [2.45, 2.75) is 45.2 Å². The van der Waals surface area contributed by atoms with Gasteiger partial charge in [-0.25, -0.2) is 13.1 Å². The van der Waals surface area contributed by atoms with Crippen molar-refractivity contribution >= 4 is 51.3 Å². The molecule has 1 aromatic rings. The predicted molar refractivity (Wildman–Crippen MR) is 134 cm³/mol. The van der Waals surface area contributed by atoms with Gasteiger partial charge in [0.25, 0.3) is 0 Å². The molecule has 7 nitrogen and oxygen atoms in total. The highest BCUT2D eigenvalue weighted by molar-refractivity contribution is 14.0. The quantitative estimate of drug-likeness (QED) is 0.260. The molecule has 3 N–H and O–H groups in total. The summed E-state index contributed by atoms with van der Waals surface area (Å²) in [5.74, 6) is 1.23. The van der Waals surface area contributed by atoms with Crippen LogP contribution in [0.1, 0.15) is 44.5 Å². The van der Waals surface area contributed by atoms with Crippen molar-refractivity contribution in [3.05, 3.63) is 22.4 Å². The number of likely N-dealkylation sites (tertiary alicyclic amines) is 1. The molecule has 1 saturated heterocycles. The van der Waals surface area contributed by atoms with Gasteiger partial charge < -0.3 is 10.6 Å². The molecule has 10 heteroatoms. The summed E-state index contributed by atoms with van der Waals surface area (Å²) in [7, 11) is -1.07. The van der Waals surface area contributed by atoms with Gasteiger partial charge in [-0.05, 0) is 64.6 Å². The maximum Gasteiger partial charge on any atom is 0.209 e. The monoisotopic (exact) mass is 557 g/mol.